The Morgan fingerprint density at radius 3 is 2.83 bits per heavy atom. The Bertz CT molecular complexity index is 585. The molecule has 124 valence electrons. The molecular weight excluding hydrogens is 314 g/mol. The summed E-state index contributed by atoms with van der Waals surface area (Å²) >= 11 is 1.26. The van der Waals surface area contributed by atoms with Crippen LogP contribution in [0.3, 0.4) is 0 Å². The first-order chi connectivity index (χ1) is 11.2. The van der Waals surface area contributed by atoms with E-state index in [0.29, 0.717) is 22.9 Å². The molecule has 1 aromatic rings. The Labute approximate surface area is 139 Å². The molecule has 1 aliphatic heterocycles. The maximum Gasteiger partial charge on any atom is 0.264 e. The summed E-state index contributed by atoms with van der Waals surface area (Å²) in [5.41, 5.74) is 6.36. The first-order valence-electron chi connectivity index (χ1n) is 7.45. The van der Waals surface area contributed by atoms with Crippen molar-refractivity contribution in [1.29, 1.82) is 0 Å². The zero-order valence-electron chi connectivity index (χ0n) is 13.1. The molecule has 0 aromatic carbocycles. The fraction of sp³-hybridized carbons (Fsp3) is 0.467. The lowest BCUT2D eigenvalue weighted by molar-refractivity contribution is -0.121. The van der Waals surface area contributed by atoms with Gasteiger partial charge < -0.3 is 10.6 Å². The summed E-state index contributed by atoms with van der Waals surface area (Å²) in [6.45, 7) is 2.57. The van der Waals surface area contributed by atoms with Crippen LogP contribution >= 0.6 is 11.8 Å². The minimum atomic E-state index is -0.434. The molecular formula is C15H21N5O2S. The third kappa shape index (κ3) is 4.77. The van der Waals surface area contributed by atoms with E-state index in [1.165, 1.54) is 18.1 Å². The number of carbonyl (C=O) groups excluding carboxylic acids is 2. The fourth-order valence-electron chi connectivity index (χ4n) is 2.49. The van der Waals surface area contributed by atoms with Crippen molar-refractivity contribution in [2.24, 2.45) is 11.7 Å². The maximum absolute atomic E-state index is 11.7. The Kier molecular flexibility index (Phi) is 6.54. The van der Waals surface area contributed by atoms with Gasteiger partial charge in [-0.25, -0.2) is 9.97 Å². The van der Waals surface area contributed by atoms with Crippen molar-refractivity contribution in [3.63, 3.8) is 0 Å². The van der Waals surface area contributed by atoms with Crippen molar-refractivity contribution in [2.45, 2.75) is 12.8 Å². The molecule has 0 spiro atoms. The number of nitrogens with two attached hydrogens (primary N) is 1. The van der Waals surface area contributed by atoms with Crippen LogP contribution in [0.5, 0.6) is 0 Å². The van der Waals surface area contributed by atoms with Crippen molar-refractivity contribution >= 4 is 36.0 Å². The molecule has 2 heterocycles. The predicted molar refractivity (Wildman–Crippen MR) is 91.7 cm³/mol. The molecule has 2 amide bonds. The summed E-state index contributed by atoms with van der Waals surface area (Å²) in [5.74, 6) is 0.997. The molecule has 0 saturated carbocycles. The summed E-state index contributed by atoms with van der Waals surface area (Å²) in [7, 11) is 0. The lowest BCUT2D eigenvalue weighted by Crippen LogP contribution is -2.36. The van der Waals surface area contributed by atoms with E-state index in [1.54, 1.807) is 12.3 Å². The van der Waals surface area contributed by atoms with Gasteiger partial charge in [-0.05, 0) is 37.6 Å². The molecule has 7 nitrogen and oxygen atoms in total. The van der Waals surface area contributed by atoms with Gasteiger partial charge in [0.1, 0.15) is 12.1 Å². The number of amides is 2. The van der Waals surface area contributed by atoms with Crippen LogP contribution in [0.2, 0.25) is 0 Å². The van der Waals surface area contributed by atoms with Crippen molar-refractivity contribution in [3.05, 3.63) is 23.0 Å². The Morgan fingerprint density at radius 1 is 1.48 bits per heavy atom. The highest BCUT2D eigenvalue weighted by Gasteiger charge is 2.19. The number of anilines is 1. The quantitative estimate of drug-likeness (QED) is 0.581. The van der Waals surface area contributed by atoms with Crippen LogP contribution in [0.15, 0.2) is 17.3 Å². The number of nitrogens with zero attached hydrogens (tertiary/aromatic N) is 3. The van der Waals surface area contributed by atoms with E-state index in [9.17, 15) is 9.59 Å². The highest BCUT2D eigenvalue weighted by Crippen LogP contribution is 2.22. The minimum Gasteiger partial charge on any atom is -0.356 e. The second-order valence-electron chi connectivity index (χ2n) is 5.27. The molecule has 0 bridgehead atoms. The SMILES string of the molecule is CS/C(=C\c1cc(N2CCC(CN)CC2)ncn1)C(=O)NC=O. The number of imide groups is 1. The highest BCUT2D eigenvalue weighted by atomic mass is 32.2. The van der Waals surface area contributed by atoms with Gasteiger partial charge in [-0.2, -0.15) is 0 Å². The molecule has 1 aliphatic rings. The topological polar surface area (TPSA) is 101 Å². The average Bonchev–Trinajstić information content (AvgIpc) is 2.60. The second kappa shape index (κ2) is 8.64. The fourth-order valence-corrected chi connectivity index (χ4v) is 2.97. The molecule has 23 heavy (non-hydrogen) atoms. The highest BCUT2D eigenvalue weighted by molar-refractivity contribution is 8.03. The van der Waals surface area contributed by atoms with Gasteiger partial charge in [0.15, 0.2) is 0 Å². The maximum atomic E-state index is 11.7. The van der Waals surface area contributed by atoms with Crippen LogP contribution in [-0.4, -0.2) is 48.2 Å². The van der Waals surface area contributed by atoms with Gasteiger partial charge in [0.05, 0.1) is 10.6 Å². The zero-order valence-corrected chi connectivity index (χ0v) is 13.9. The number of hydrogen-bond donors (Lipinski definition) is 2. The smallest absolute Gasteiger partial charge is 0.264 e. The molecule has 0 atom stereocenters. The summed E-state index contributed by atoms with van der Waals surface area (Å²) in [4.78, 5) is 33.3. The summed E-state index contributed by atoms with van der Waals surface area (Å²) in [5, 5.41) is 2.13. The standard InChI is InChI=1S/C15H21N5O2S/c1-23-13(15(22)19-10-21)6-12-7-14(18-9-17-12)20-4-2-11(8-16)3-5-20/h6-7,9-11H,2-5,8,16H2,1H3,(H,19,21,22)/b13-6-. The molecule has 1 saturated heterocycles. The predicted octanol–water partition coefficient (Wildman–Crippen LogP) is 0.628. The molecule has 8 heteroatoms. The van der Waals surface area contributed by atoms with E-state index >= 15 is 0 Å². The molecule has 3 N–H and O–H groups in total. The van der Waals surface area contributed by atoms with Crippen LogP contribution in [0.4, 0.5) is 5.82 Å². The molecule has 0 unspecified atom stereocenters. The second-order valence-corrected chi connectivity index (χ2v) is 6.12. The van der Waals surface area contributed by atoms with Gasteiger partial charge in [0.2, 0.25) is 6.41 Å². The van der Waals surface area contributed by atoms with Crippen LogP contribution in [0.1, 0.15) is 18.5 Å². The molecule has 1 aromatic heterocycles. The zero-order chi connectivity index (χ0) is 16.7. The number of carbonyl (C=O) groups is 2. The van der Waals surface area contributed by atoms with Crippen molar-refractivity contribution < 1.29 is 9.59 Å². The van der Waals surface area contributed by atoms with Crippen LogP contribution in [0, 0.1) is 5.92 Å². The normalized spacial score (nSPS) is 16.3. The number of hydrogen-bond acceptors (Lipinski definition) is 7. The molecule has 2 rings (SSSR count). The van der Waals surface area contributed by atoms with Crippen molar-refractivity contribution in [3.8, 4) is 0 Å². The summed E-state index contributed by atoms with van der Waals surface area (Å²) in [6, 6.07) is 1.85. The lowest BCUT2D eigenvalue weighted by Gasteiger charge is -2.32. The summed E-state index contributed by atoms with van der Waals surface area (Å²) in [6.07, 6.45) is 7.41. The van der Waals surface area contributed by atoms with Gasteiger partial charge >= 0.3 is 0 Å². The Morgan fingerprint density at radius 2 is 2.22 bits per heavy atom. The number of rotatable bonds is 6. The number of piperidine rings is 1. The lowest BCUT2D eigenvalue weighted by atomic mass is 9.97. The van der Waals surface area contributed by atoms with Gasteiger partial charge in [0.25, 0.3) is 5.91 Å². The molecule has 0 radical (unpaired) electrons. The van der Waals surface area contributed by atoms with Gasteiger partial charge in [-0.3, -0.25) is 14.9 Å². The minimum absolute atomic E-state index is 0.374. The number of aromatic nitrogens is 2. The first-order valence-corrected chi connectivity index (χ1v) is 8.67. The van der Waals surface area contributed by atoms with Crippen LogP contribution in [-0.2, 0) is 9.59 Å². The van der Waals surface area contributed by atoms with Crippen molar-refractivity contribution in [2.75, 3.05) is 30.8 Å². The Hall–Kier alpha value is -1.93. The van der Waals surface area contributed by atoms with E-state index in [4.69, 9.17) is 5.73 Å². The monoisotopic (exact) mass is 335 g/mol. The van der Waals surface area contributed by atoms with E-state index in [0.717, 1.165) is 38.3 Å². The number of thioether (sulfide) groups is 1. The van der Waals surface area contributed by atoms with E-state index in [1.807, 2.05) is 6.07 Å². The van der Waals surface area contributed by atoms with Gasteiger partial charge in [-0.15, -0.1) is 11.8 Å². The molecule has 1 fully saturated rings. The van der Waals surface area contributed by atoms with E-state index in [-0.39, 0.29) is 0 Å². The van der Waals surface area contributed by atoms with Crippen molar-refractivity contribution in [1.82, 2.24) is 15.3 Å². The van der Waals surface area contributed by atoms with E-state index in [2.05, 4.69) is 20.2 Å². The van der Waals surface area contributed by atoms with Crippen LogP contribution in [0.25, 0.3) is 6.08 Å². The Balaban J connectivity index is 2.13. The van der Waals surface area contributed by atoms with Gasteiger partial charge in [-0.1, -0.05) is 0 Å². The van der Waals surface area contributed by atoms with Gasteiger partial charge in [0, 0.05) is 19.2 Å². The first kappa shape index (κ1) is 17.4. The average molecular weight is 335 g/mol. The van der Waals surface area contributed by atoms with Crippen LogP contribution < -0.4 is 16.0 Å². The number of nitrogens with one attached hydrogen (secondary N) is 1. The largest absolute Gasteiger partial charge is 0.356 e. The molecule has 0 aliphatic carbocycles. The van der Waals surface area contributed by atoms with E-state index < -0.39 is 5.91 Å². The summed E-state index contributed by atoms with van der Waals surface area (Å²) < 4.78 is 0. The third-order valence-corrected chi connectivity index (χ3v) is 4.60. The third-order valence-electron chi connectivity index (χ3n) is 3.86.